The number of aliphatic hydroxyl groups excluding tert-OH is 1. The first-order valence-electron chi connectivity index (χ1n) is 6.21. The molecular weight excluding hydrogens is 283 g/mol. The Labute approximate surface area is 117 Å². The largest absolute Gasteiger partial charge is 0.441 e. The predicted molar refractivity (Wildman–Crippen MR) is 69.0 cm³/mol. The van der Waals surface area contributed by atoms with E-state index in [1.807, 2.05) is 0 Å². The van der Waals surface area contributed by atoms with E-state index in [0.29, 0.717) is 11.1 Å². The number of aromatic nitrogens is 1. The first-order chi connectivity index (χ1) is 10.0. The maximum atomic E-state index is 13.1. The van der Waals surface area contributed by atoms with Crippen LogP contribution in [-0.4, -0.2) is 10.1 Å². The third-order valence-electron chi connectivity index (χ3n) is 3.10. The Kier molecular flexibility index (Phi) is 3.39. The van der Waals surface area contributed by atoms with Gasteiger partial charge in [0.2, 0.25) is 0 Å². The number of hydrogen-bond acceptors (Lipinski definition) is 3. The molecule has 1 N–H and O–H groups in total. The van der Waals surface area contributed by atoms with E-state index < -0.39 is 23.6 Å². The van der Waals surface area contributed by atoms with E-state index in [2.05, 4.69) is 4.98 Å². The molecule has 1 heterocycles. The fourth-order valence-electron chi connectivity index (χ4n) is 2.06. The summed E-state index contributed by atoms with van der Waals surface area (Å²) >= 11 is 0. The number of fused-ring (bicyclic) bond motifs is 1. The Hall–Kier alpha value is -2.34. The van der Waals surface area contributed by atoms with Crippen molar-refractivity contribution in [2.24, 2.45) is 0 Å². The Morgan fingerprint density at radius 3 is 2.43 bits per heavy atom. The highest BCUT2D eigenvalue weighted by atomic mass is 19.2. The van der Waals surface area contributed by atoms with Crippen LogP contribution >= 0.6 is 0 Å². The van der Waals surface area contributed by atoms with Crippen molar-refractivity contribution in [1.29, 1.82) is 0 Å². The third-order valence-corrected chi connectivity index (χ3v) is 3.10. The minimum atomic E-state index is -1.56. The zero-order valence-corrected chi connectivity index (χ0v) is 10.7. The summed E-state index contributed by atoms with van der Waals surface area (Å²) in [5.74, 6) is -4.02. The average Bonchev–Trinajstić information content (AvgIpc) is 2.86. The minimum absolute atomic E-state index is 0.0702. The van der Waals surface area contributed by atoms with Gasteiger partial charge in [0.1, 0.15) is 5.52 Å². The lowest BCUT2D eigenvalue weighted by molar-refractivity contribution is 0.168. The highest BCUT2D eigenvalue weighted by Gasteiger charge is 2.18. The van der Waals surface area contributed by atoms with Crippen LogP contribution in [0.4, 0.5) is 13.2 Å². The van der Waals surface area contributed by atoms with Gasteiger partial charge in [-0.2, -0.15) is 0 Å². The fourth-order valence-corrected chi connectivity index (χ4v) is 2.06. The lowest BCUT2D eigenvalue weighted by atomic mass is 10.1. The second-order valence-electron chi connectivity index (χ2n) is 4.59. The van der Waals surface area contributed by atoms with Crippen LogP contribution in [0, 0.1) is 17.5 Å². The SMILES string of the molecule is OC(Cc1nc2ccccc2o1)c1cc(F)c(F)c(F)c1. The van der Waals surface area contributed by atoms with Gasteiger partial charge in [-0.15, -0.1) is 0 Å². The number of nitrogens with zero attached hydrogens (tertiary/aromatic N) is 1. The van der Waals surface area contributed by atoms with Crippen LogP contribution in [0.5, 0.6) is 0 Å². The van der Waals surface area contributed by atoms with Crippen molar-refractivity contribution >= 4 is 11.1 Å². The molecule has 0 aliphatic carbocycles. The van der Waals surface area contributed by atoms with Crippen LogP contribution in [0.3, 0.4) is 0 Å². The predicted octanol–water partition coefficient (Wildman–Crippen LogP) is 3.52. The highest BCUT2D eigenvalue weighted by Crippen LogP contribution is 2.24. The van der Waals surface area contributed by atoms with Gasteiger partial charge < -0.3 is 9.52 Å². The zero-order chi connectivity index (χ0) is 15.0. The maximum absolute atomic E-state index is 13.1. The molecule has 1 atom stereocenters. The molecule has 3 nitrogen and oxygen atoms in total. The first kappa shape index (κ1) is 13.6. The molecule has 0 aliphatic heterocycles. The topological polar surface area (TPSA) is 46.3 Å². The van der Waals surface area contributed by atoms with Crippen LogP contribution in [0.25, 0.3) is 11.1 Å². The van der Waals surface area contributed by atoms with Crippen LogP contribution in [-0.2, 0) is 6.42 Å². The summed E-state index contributed by atoms with van der Waals surface area (Å²) in [7, 11) is 0. The van der Waals surface area contributed by atoms with Gasteiger partial charge in [0.25, 0.3) is 0 Å². The molecular formula is C15H10F3NO2. The van der Waals surface area contributed by atoms with Crippen molar-refractivity contribution in [3.05, 3.63) is 65.3 Å². The van der Waals surface area contributed by atoms with E-state index in [4.69, 9.17) is 4.42 Å². The summed E-state index contributed by atoms with van der Waals surface area (Å²) in [5, 5.41) is 9.98. The molecule has 2 aromatic carbocycles. The Morgan fingerprint density at radius 2 is 1.76 bits per heavy atom. The summed E-state index contributed by atoms with van der Waals surface area (Å²) < 4.78 is 44.6. The smallest absolute Gasteiger partial charge is 0.198 e. The first-order valence-corrected chi connectivity index (χ1v) is 6.21. The molecule has 1 unspecified atom stereocenters. The van der Waals surface area contributed by atoms with Crippen molar-refractivity contribution < 1.29 is 22.7 Å². The molecule has 0 fully saturated rings. The summed E-state index contributed by atoms with van der Waals surface area (Å²) in [6.45, 7) is 0. The number of halogens is 3. The van der Waals surface area contributed by atoms with Crippen molar-refractivity contribution in [3.63, 3.8) is 0 Å². The van der Waals surface area contributed by atoms with Gasteiger partial charge in [-0.1, -0.05) is 12.1 Å². The van der Waals surface area contributed by atoms with Crippen molar-refractivity contribution in [3.8, 4) is 0 Å². The second-order valence-corrected chi connectivity index (χ2v) is 4.59. The Balaban J connectivity index is 1.87. The van der Waals surface area contributed by atoms with E-state index in [1.165, 1.54) is 0 Å². The molecule has 0 spiro atoms. The summed E-state index contributed by atoms with van der Waals surface area (Å²) in [4.78, 5) is 4.15. The number of benzene rings is 2. The Bertz CT molecular complexity index is 744. The molecule has 21 heavy (non-hydrogen) atoms. The molecule has 1 aromatic heterocycles. The summed E-state index contributed by atoms with van der Waals surface area (Å²) in [6, 6.07) is 8.53. The van der Waals surface area contributed by atoms with Crippen molar-refractivity contribution in [2.45, 2.75) is 12.5 Å². The molecule has 3 rings (SSSR count). The van der Waals surface area contributed by atoms with Gasteiger partial charge in [0, 0.05) is 0 Å². The van der Waals surface area contributed by atoms with Gasteiger partial charge in [0.05, 0.1) is 12.5 Å². The van der Waals surface area contributed by atoms with Crippen molar-refractivity contribution in [1.82, 2.24) is 4.98 Å². The van der Waals surface area contributed by atoms with Gasteiger partial charge in [0.15, 0.2) is 28.9 Å². The lowest BCUT2D eigenvalue weighted by Gasteiger charge is -2.09. The fraction of sp³-hybridized carbons (Fsp3) is 0.133. The van der Waals surface area contributed by atoms with Crippen LogP contribution in [0.1, 0.15) is 17.6 Å². The molecule has 0 amide bonds. The third kappa shape index (κ3) is 2.62. The number of rotatable bonds is 3. The molecule has 0 saturated carbocycles. The van der Waals surface area contributed by atoms with Gasteiger partial charge >= 0.3 is 0 Å². The zero-order valence-electron chi connectivity index (χ0n) is 10.7. The average molecular weight is 293 g/mol. The number of oxazole rings is 1. The van der Waals surface area contributed by atoms with E-state index in [0.717, 1.165) is 12.1 Å². The molecule has 3 aromatic rings. The Morgan fingerprint density at radius 1 is 1.10 bits per heavy atom. The van der Waals surface area contributed by atoms with Crippen LogP contribution < -0.4 is 0 Å². The number of aliphatic hydroxyl groups is 1. The molecule has 0 radical (unpaired) electrons. The number of hydrogen-bond donors (Lipinski definition) is 1. The molecule has 0 bridgehead atoms. The van der Waals surface area contributed by atoms with E-state index in [1.54, 1.807) is 24.3 Å². The molecule has 0 saturated heterocycles. The van der Waals surface area contributed by atoms with Crippen LogP contribution in [0.15, 0.2) is 40.8 Å². The van der Waals surface area contributed by atoms with Gasteiger partial charge in [-0.05, 0) is 29.8 Å². The van der Waals surface area contributed by atoms with Gasteiger partial charge in [-0.3, -0.25) is 0 Å². The molecule has 6 heteroatoms. The maximum Gasteiger partial charge on any atom is 0.198 e. The minimum Gasteiger partial charge on any atom is -0.441 e. The standard InChI is InChI=1S/C15H10F3NO2/c16-9-5-8(6-10(17)15(9)18)12(20)7-14-19-11-3-1-2-4-13(11)21-14/h1-6,12,20H,7H2. The van der Waals surface area contributed by atoms with Gasteiger partial charge in [-0.25, -0.2) is 18.2 Å². The summed E-state index contributed by atoms with van der Waals surface area (Å²) in [6.07, 6.45) is -1.32. The quantitative estimate of drug-likeness (QED) is 0.752. The monoisotopic (exact) mass is 293 g/mol. The molecule has 0 aliphatic rings. The van der Waals surface area contributed by atoms with E-state index in [9.17, 15) is 18.3 Å². The summed E-state index contributed by atoms with van der Waals surface area (Å²) in [5.41, 5.74) is 1.10. The van der Waals surface area contributed by atoms with E-state index >= 15 is 0 Å². The lowest BCUT2D eigenvalue weighted by Crippen LogP contribution is -2.05. The van der Waals surface area contributed by atoms with Crippen LogP contribution in [0.2, 0.25) is 0 Å². The van der Waals surface area contributed by atoms with Crippen molar-refractivity contribution in [2.75, 3.05) is 0 Å². The second kappa shape index (κ2) is 5.21. The number of para-hydroxylation sites is 2. The molecule has 108 valence electrons. The highest BCUT2D eigenvalue weighted by molar-refractivity contribution is 5.72. The van der Waals surface area contributed by atoms with E-state index in [-0.39, 0.29) is 17.9 Å². The normalized spacial score (nSPS) is 12.8.